The van der Waals surface area contributed by atoms with Gasteiger partial charge in [0.1, 0.15) is 5.52 Å². The number of rotatable bonds is 1. The second-order valence-corrected chi connectivity index (χ2v) is 4.04. The van der Waals surface area contributed by atoms with E-state index < -0.39 is 0 Å². The van der Waals surface area contributed by atoms with Crippen LogP contribution in [0.1, 0.15) is 31.0 Å². The van der Waals surface area contributed by atoms with Crippen molar-refractivity contribution >= 4 is 11.0 Å². The van der Waals surface area contributed by atoms with Crippen LogP contribution in [0, 0.1) is 0 Å². The van der Waals surface area contributed by atoms with E-state index in [0.29, 0.717) is 6.04 Å². The van der Waals surface area contributed by atoms with Crippen molar-refractivity contribution in [3.63, 3.8) is 0 Å². The molecule has 15 heavy (non-hydrogen) atoms. The van der Waals surface area contributed by atoms with Gasteiger partial charge < -0.3 is 5.32 Å². The van der Waals surface area contributed by atoms with Gasteiger partial charge in [0.2, 0.25) is 0 Å². The van der Waals surface area contributed by atoms with Crippen molar-refractivity contribution in [1.29, 1.82) is 0 Å². The molecule has 3 heterocycles. The first-order chi connectivity index (χ1) is 7.43. The molecule has 78 valence electrons. The van der Waals surface area contributed by atoms with Crippen molar-refractivity contribution in [1.82, 2.24) is 20.5 Å². The zero-order valence-electron chi connectivity index (χ0n) is 8.53. The molecule has 2 aromatic rings. The lowest BCUT2D eigenvalue weighted by Crippen LogP contribution is -2.27. The minimum absolute atomic E-state index is 0.429. The van der Waals surface area contributed by atoms with Gasteiger partial charge in [-0.3, -0.25) is 5.10 Å². The van der Waals surface area contributed by atoms with E-state index in [9.17, 15) is 0 Å². The molecular formula is C11H14N4. The summed E-state index contributed by atoms with van der Waals surface area (Å²) in [5.74, 6) is 0. The molecule has 0 amide bonds. The first-order valence-corrected chi connectivity index (χ1v) is 5.47. The maximum absolute atomic E-state index is 4.60. The van der Waals surface area contributed by atoms with Gasteiger partial charge in [-0.05, 0) is 31.5 Å². The minimum Gasteiger partial charge on any atom is -0.309 e. The summed E-state index contributed by atoms with van der Waals surface area (Å²) in [6.07, 6.45) is 5.55. The van der Waals surface area contributed by atoms with Crippen LogP contribution < -0.4 is 5.32 Å². The summed E-state index contributed by atoms with van der Waals surface area (Å²) in [5, 5.41) is 10.4. The molecule has 4 nitrogen and oxygen atoms in total. The van der Waals surface area contributed by atoms with Crippen molar-refractivity contribution in [3.05, 3.63) is 24.0 Å². The lowest BCUT2D eigenvalue weighted by atomic mass is 10.0. The van der Waals surface area contributed by atoms with E-state index in [2.05, 4.69) is 32.6 Å². The molecule has 0 aromatic carbocycles. The Hall–Kier alpha value is -1.42. The maximum Gasteiger partial charge on any atom is 0.108 e. The largest absolute Gasteiger partial charge is 0.309 e. The summed E-state index contributed by atoms with van der Waals surface area (Å²) in [5.41, 5.74) is 3.11. The highest BCUT2D eigenvalue weighted by atomic mass is 15.1. The van der Waals surface area contributed by atoms with Gasteiger partial charge in [0.05, 0.1) is 17.4 Å². The van der Waals surface area contributed by atoms with Gasteiger partial charge in [-0.25, -0.2) is 4.98 Å². The minimum atomic E-state index is 0.429. The van der Waals surface area contributed by atoms with Crippen molar-refractivity contribution in [2.75, 3.05) is 6.54 Å². The van der Waals surface area contributed by atoms with Crippen LogP contribution in [0.15, 0.2) is 18.3 Å². The summed E-state index contributed by atoms with van der Waals surface area (Å²) in [4.78, 5) is 4.60. The van der Waals surface area contributed by atoms with E-state index in [1.54, 1.807) is 6.20 Å². The molecule has 0 aliphatic carbocycles. The molecule has 1 saturated heterocycles. The zero-order valence-corrected chi connectivity index (χ0v) is 8.53. The zero-order chi connectivity index (χ0) is 10.1. The highest BCUT2D eigenvalue weighted by molar-refractivity contribution is 5.73. The van der Waals surface area contributed by atoms with Gasteiger partial charge >= 0.3 is 0 Å². The number of aromatic amines is 1. The summed E-state index contributed by atoms with van der Waals surface area (Å²) < 4.78 is 0. The fourth-order valence-electron chi connectivity index (χ4n) is 2.14. The molecule has 0 spiro atoms. The van der Waals surface area contributed by atoms with Gasteiger partial charge in [0.15, 0.2) is 0 Å². The van der Waals surface area contributed by atoms with Crippen LogP contribution >= 0.6 is 0 Å². The average Bonchev–Trinajstić information content (AvgIpc) is 2.77. The van der Waals surface area contributed by atoms with E-state index in [1.807, 2.05) is 0 Å². The maximum atomic E-state index is 4.60. The molecule has 1 aliphatic rings. The van der Waals surface area contributed by atoms with Crippen LogP contribution in [0.3, 0.4) is 0 Å². The van der Waals surface area contributed by atoms with Crippen molar-refractivity contribution < 1.29 is 0 Å². The molecule has 2 aromatic heterocycles. The number of nitrogens with zero attached hydrogens (tertiary/aromatic N) is 2. The highest BCUT2D eigenvalue weighted by Crippen LogP contribution is 2.22. The second-order valence-electron chi connectivity index (χ2n) is 4.04. The van der Waals surface area contributed by atoms with Gasteiger partial charge in [0, 0.05) is 6.04 Å². The van der Waals surface area contributed by atoms with Gasteiger partial charge in [-0.2, -0.15) is 5.10 Å². The molecule has 0 saturated carbocycles. The highest BCUT2D eigenvalue weighted by Gasteiger charge is 2.16. The van der Waals surface area contributed by atoms with Crippen LogP contribution in [0.5, 0.6) is 0 Å². The monoisotopic (exact) mass is 202 g/mol. The lowest BCUT2D eigenvalue weighted by Gasteiger charge is -2.22. The number of piperidine rings is 1. The van der Waals surface area contributed by atoms with Crippen LogP contribution in [0.2, 0.25) is 0 Å². The summed E-state index contributed by atoms with van der Waals surface area (Å²) in [6.45, 7) is 1.11. The molecule has 0 unspecified atom stereocenters. The third-order valence-electron chi connectivity index (χ3n) is 2.99. The van der Waals surface area contributed by atoms with Gasteiger partial charge in [0.25, 0.3) is 0 Å². The Bertz CT molecular complexity index is 456. The predicted molar refractivity (Wildman–Crippen MR) is 58.5 cm³/mol. The standard InChI is InChI=1S/C11H14N4/c1-2-6-12-8(3-1)9-4-5-10-11(14-9)7-13-15-10/h4-5,7-8,12H,1-3,6H2,(H,13,15)/t8-/m0/s1. The Morgan fingerprint density at radius 2 is 2.27 bits per heavy atom. The Balaban J connectivity index is 1.95. The van der Waals surface area contributed by atoms with Gasteiger partial charge in [-0.1, -0.05) is 6.42 Å². The Morgan fingerprint density at radius 1 is 1.27 bits per heavy atom. The molecule has 1 aliphatic heterocycles. The van der Waals surface area contributed by atoms with Crippen LogP contribution in [0.4, 0.5) is 0 Å². The predicted octanol–water partition coefficient (Wildman–Crippen LogP) is 1.77. The number of hydrogen-bond acceptors (Lipinski definition) is 3. The molecule has 1 fully saturated rings. The molecular weight excluding hydrogens is 188 g/mol. The number of pyridine rings is 1. The van der Waals surface area contributed by atoms with Gasteiger partial charge in [-0.15, -0.1) is 0 Å². The SMILES string of the molecule is c1cc2[nH]ncc2nc1[C@@H]1CCCCN1. The number of fused-ring (bicyclic) bond motifs is 1. The fourth-order valence-corrected chi connectivity index (χ4v) is 2.14. The van der Waals surface area contributed by atoms with E-state index in [4.69, 9.17) is 0 Å². The number of aromatic nitrogens is 3. The van der Waals surface area contributed by atoms with E-state index >= 15 is 0 Å². The van der Waals surface area contributed by atoms with E-state index in [-0.39, 0.29) is 0 Å². The average molecular weight is 202 g/mol. The molecule has 1 atom stereocenters. The van der Waals surface area contributed by atoms with Crippen LogP contribution in [-0.2, 0) is 0 Å². The third kappa shape index (κ3) is 1.61. The summed E-state index contributed by atoms with van der Waals surface area (Å²) in [6, 6.07) is 4.57. The number of hydrogen-bond donors (Lipinski definition) is 2. The first kappa shape index (κ1) is 8.85. The Morgan fingerprint density at radius 3 is 3.13 bits per heavy atom. The quantitative estimate of drug-likeness (QED) is 0.741. The van der Waals surface area contributed by atoms with E-state index in [1.165, 1.54) is 19.3 Å². The Kier molecular flexibility index (Phi) is 2.14. The first-order valence-electron chi connectivity index (χ1n) is 5.47. The number of nitrogens with one attached hydrogen (secondary N) is 2. The third-order valence-corrected chi connectivity index (χ3v) is 2.99. The summed E-state index contributed by atoms with van der Waals surface area (Å²) >= 11 is 0. The van der Waals surface area contributed by atoms with Crippen molar-refractivity contribution in [3.8, 4) is 0 Å². The fraction of sp³-hybridized carbons (Fsp3) is 0.455. The molecule has 4 heteroatoms. The second kappa shape index (κ2) is 3.62. The van der Waals surface area contributed by atoms with E-state index in [0.717, 1.165) is 23.3 Å². The lowest BCUT2D eigenvalue weighted by molar-refractivity contribution is 0.406. The summed E-state index contributed by atoms with van der Waals surface area (Å²) in [7, 11) is 0. The molecule has 0 radical (unpaired) electrons. The van der Waals surface area contributed by atoms with Crippen LogP contribution in [-0.4, -0.2) is 21.7 Å². The van der Waals surface area contributed by atoms with Crippen molar-refractivity contribution in [2.45, 2.75) is 25.3 Å². The molecule has 0 bridgehead atoms. The smallest absolute Gasteiger partial charge is 0.108 e. The number of H-pyrrole nitrogens is 1. The molecule has 3 rings (SSSR count). The van der Waals surface area contributed by atoms with Crippen molar-refractivity contribution in [2.24, 2.45) is 0 Å². The van der Waals surface area contributed by atoms with Crippen LogP contribution in [0.25, 0.3) is 11.0 Å². The topological polar surface area (TPSA) is 53.6 Å². The Labute approximate surface area is 88.1 Å². The molecule has 2 N–H and O–H groups in total. The normalized spacial score (nSPS) is 22.0.